The highest BCUT2D eigenvalue weighted by Gasteiger charge is 2.16. The standard InChI is InChI=1S/C16H21N3/c1-19-16(17)15(11-18-19)14-9-5-8-13(10-14)12-6-3-2-4-7-12/h5,8-12H,2-4,6-7,17H2,1H3. The Morgan fingerprint density at radius 3 is 2.68 bits per heavy atom. The van der Waals surface area contributed by atoms with Gasteiger partial charge in [-0.2, -0.15) is 5.10 Å². The molecule has 0 unspecified atom stereocenters. The molecule has 1 aromatic carbocycles. The summed E-state index contributed by atoms with van der Waals surface area (Å²) in [4.78, 5) is 0. The Morgan fingerprint density at radius 2 is 2.00 bits per heavy atom. The summed E-state index contributed by atoms with van der Waals surface area (Å²) in [7, 11) is 1.88. The van der Waals surface area contributed by atoms with Crippen LogP contribution in [0.5, 0.6) is 0 Å². The van der Waals surface area contributed by atoms with Crippen molar-refractivity contribution < 1.29 is 0 Å². The molecule has 3 nitrogen and oxygen atoms in total. The molecule has 0 atom stereocenters. The lowest BCUT2D eigenvalue weighted by molar-refractivity contribution is 0.444. The summed E-state index contributed by atoms with van der Waals surface area (Å²) >= 11 is 0. The number of nitrogen functional groups attached to an aromatic ring is 1. The van der Waals surface area contributed by atoms with Crippen LogP contribution in [0, 0.1) is 0 Å². The first-order chi connectivity index (χ1) is 9.25. The Balaban J connectivity index is 1.93. The normalized spacial score (nSPS) is 16.7. The van der Waals surface area contributed by atoms with Crippen molar-refractivity contribution in [2.45, 2.75) is 38.0 Å². The summed E-state index contributed by atoms with van der Waals surface area (Å²) in [5.41, 5.74) is 9.75. The summed E-state index contributed by atoms with van der Waals surface area (Å²) in [6, 6.07) is 8.82. The zero-order valence-electron chi connectivity index (χ0n) is 11.5. The molecule has 1 aliphatic carbocycles. The molecular formula is C16H21N3. The van der Waals surface area contributed by atoms with Gasteiger partial charge in [0.2, 0.25) is 0 Å². The van der Waals surface area contributed by atoms with E-state index in [-0.39, 0.29) is 0 Å². The number of benzene rings is 1. The van der Waals surface area contributed by atoms with E-state index in [2.05, 4.69) is 29.4 Å². The lowest BCUT2D eigenvalue weighted by Gasteiger charge is -2.22. The van der Waals surface area contributed by atoms with Crippen molar-refractivity contribution in [1.82, 2.24) is 9.78 Å². The maximum Gasteiger partial charge on any atom is 0.129 e. The van der Waals surface area contributed by atoms with Gasteiger partial charge in [-0.15, -0.1) is 0 Å². The topological polar surface area (TPSA) is 43.8 Å². The molecule has 2 aromatic rings. The number of nitrogens with two attached hydrogens (primary N) is 1. The quantitative estimate of drug-likeness (QED) is 0.888. The summed E-state index contributed by atoms with van der Waals surface area (Å²) in [5.74, 6) is 1.47. The smallest absolute Gasteiger partial charge is 0.129 e. The molecule has 3 rings (SSSR count). The predicted molar refractivity (Wildman–Crippen MR) is 78.9 cm³/mol. The van der Waals surface area contributed by atoms with Crippen LogP contribution in [-0.2, 0) is 7.05 Å². The van der Waals surface area contributed by atoms with E-state index < -0.39 is 0 Å². The Kier molecular flexibility index (Phi) is 3.28. The second-order valence-electron chi connectivity index (χ2n) is 5.53. The molecule has 2 N–H and O–H groups in total. The fourth-order valence-electron chi connectivity index (χ4n) is 3.07. The van der Waals surface area contributed by atoms with Crippen LogP contribution in [0.4, 0.5) is 5.82 Å². The molecule has 1 heterocycles. The van der Waals surface area contributed by atoms with Gasteiger partial charge < -0.3 is 5.73 Å². The molecule has 3 heteroatoms. The minimum Gasteiger partial charge on any atom is -0.383 e. The highest BCUT2D eigenvalue weighted by molar-refractivity contribution is 5.73. The maximum absolute atomic E-state index is 6.06. The third-order valence-corrected chi connectivity index (χ3v) is 4.26. The zero-order valence-corrected chi connectivity index (χ0v) is 11.5. The van der Waals surface area contributed by atoms with Gasteiger partial charge in [-0.1, -0.05) is 43.5 Å². The van der Waals surface area contributed by atoms with E-state index in [1.54, 1.807) is 4.68 Å². The summed E-state index contributed by atoms with van der Waals surface area (Å²) in [6.07, 6.45) is 8.63. The molecule has 100 valence electrons. The molecule has 0 saturated heterocycles. The number of rotatable bonds is 2. The van der Waals surface area contributed by atoms with E-state index >= 15 is 0 Å². The van der Waals surface area contributed by atoms with Gasteiger partial charge in [0.25, 0.3) is 0 Å². The first-order valence-electron chi connectivity index (χ1n) is 7.13. The van der Waals surface area contributed by atoms with Crippen LogP contribution in [0.3, 0.4) is 0 Å². The zero-order chi connectivity index (χ0) is 13.2. The summed E-state index contributed by atoms with van der Waals surface area (Å²) in [6.45, 7) is 0. The summed E-state index contributed by atoms with van der Waals surface area (Å²) in [5, 5.41) is 4.23. The molecule has 0 bridgehead atoms. The molecular weight excluding hydrogens is 234 g/mol. The van der Waals surface area contributed by atoms with Gasteiger partial charge in [0, 0.05) is 12.6 Å². The number of anilines is 1. The molecule has 1 aliphatic rings. The van der Waals surface area contributed by atoms with Crippen LogP contribution < -0.4 is 5.73 Å². The lowest BCUT2D eigenvalue weighted by Crippen LogP contribution is -2.04. The molecule has 0 spiro atoms. The van der Waals surface area contributed by atoms with Crippen LogP contribution in [0.2, 0.25) is 0 Å². The fraction of sp³-hybridized carbons (Fsp3) is 0.438. The SMILES string of the molecule is Cn1ncc(-c2cccc(C3CCCCC3)c2)c1N. The Morgan fingerprint density at radius 1 is 1.21 bits per heavy atom. The lowest BCUT2D eigenvalue weighted by atomic mass is 9.83. The summed E-state index contributed by atoms with van der Waals surface area (Å²) < 4.78 is 1.72. The van der Waals surface area contributed by atoms with Gasteiger partial charge in [-0.05, 0) is 29.9 Å². The van der Waals surface area contributed by atoms with Crippen molar-refractivity contribution in [3.8, 4) is 11.1 Å². The maximum atomic E-state index is 6.06. The van der Waals surface area contributed by atoms with Gasteiger partial charge in [0.1, 0.15) is 5.82 Å². The Labute approximate surface area is 114 Å². The van der Waals surface area contributed by atoms with Gasteiger partial charge in [-0.3, -0.25) is 4.68 Å². The van der Waals surface area contributed by atoms with Crippen LogP contribution in [0.15, 0.2) is 30.5 Å². The van der Waals surface area contributed by atoms with Crippen molar-refractivity contribution in [2.24, 2.45) is 7.05 Å². The molecule has 19 heavy (non-hydrogen) atoms. The van der Waals surface area contributed by atoms with E-state index in [9.17, 15) is 0 Å². The van der Waals surface area contributed by atoms with Crippen LogP contribution in [-0.4, -0.2) is 9.78 Å². The second kappa shape index (κ2) is 5.08. The van der Waals surface area contributed by atoms with Crippen molar-refractivity contribution in [1.29, 1.82) is 0 Å². The van der Waals surface area contributed by atoms with E-state index in [1.165, 1.54) is 43.2 Å². The fourth-order valence-corrected chi connectivity index (χ4v) is 3.07. The van der Waals surface area contributed by atoms with Gasteiger partial charge in [0.05, 0.1) is 6.20 Å². The molecule has 1 fully saturated rings. The number of aryl methyl sites for hydroxylation is 1. The van der Waals surface area contributed by atoms with Gasteiger partial charge >= 0.3 is 0 Å². The van der Waals surface area contributed by atoms with Gasteiger partial charge in [-0.25, -0.2) is 0 Å². The minimum atomic E-state index is 0.728. The molecule has 0 amide bonds. The predicted octanol–water partition coefficient (Wildman–Crippen LogP) is 3.72. The Bertz CT molecular complexity index is 565. The third-order valence-electron chi connectivity index (χ3n) is 4.26. The minimum absolute atomic E-state index is 0.728. The van der Waals surface area contributed by atoms with E-state index in [1.807, 2.05) is 13.2 Å². The van der Waals surface area contributed by atoms with E-state index in [0.29, 0.717) is 0 Å². The third kappa shape index (κ3) is 2.37. The highest BCUT2D eigenvalue weighted by atomic mass is 15.3. The van der Waals surface area contributed by atoms with Crippen LogP contribution in [0.1, 0.15) is 43.6 Å². The molecule has 1 saturated carbocycles. The highest BCUT2D eigenvalue weighted by Crippen LogP contribution is 2.35. The molecule has 0 aliphatic heterocycles. The largest absolute Gasteiger partial charge is 0.383 e. The number of hydrogen-bond acceptors (Lipinski definition) is 2. The van der Waals surface area contributed by atoms with Crippen molar-refractivity contribution in [2.75, 3.05) is 5.73 Å². The first kappa shape index (κ1) is 12.3. The first-order valence-corrected chi connectivity index (χ1v) is 7.13. The average Bonchev–Trinajstić information content (AvgIpc) is 2.80. The monoisotopic (exact) mass is 255 g/mol. The van der Waals surface area contributed by atoms with Crippen LogP contribution in [0.25, 0.3) is 11.1 Å². The van der Waals surface area contributed by atoms with Crippen molar-refractivity contribution >= 4 is 5.82 Å². The molecule has 1 aromatic heterocycles. The number of nitrogens with zero attached hydrogens (tertiary/aromatic N) is 2. The van der Waals surface area contributed by atoms with Crippen molar-refractivity contribution in [3.05, 3.63) is 36.0 Å². The van der Waals surface area contributed by atoms with E-state index in [0.717, 1.165) is 17.3 Å². The van der Waals surface area contributed by atoms with Gasteiger partial charge in [0.15, 0.2) is 0 Å². The second-order valence-corrected chi connectivity index (χ2v) is 5.53. The average molecular weight is 255 g/mol. The molecule has 0 radical (unpaired) electrons. The van der Waals surface area contributed by atoms with E-state index in [4.69, 9.17) is 5.73 Å². The van der Waals surface area contributed by atoms with Crippen molar-refractivity contribution in [3.63, 3.8) is 0 Å². The van der Waals surface area contributed by atoms with Crippen LogP contribution >= 0.6 is 0 Å². The Hall–Kier alpha value is -1.77. The number of hydrogen-bond donors (Lipinski definition) is 1. The number of aromatic nitrogens is 2.